The molecule has 0 radical (unpaired) electrons. The summed E-state index contributed by atoms with van der Waals surface area (Å²) in [5, 5.41) is 3.68. The van der Waals surface area contributed by atoms with Crippen LogP contribution in [0, 0.1) is 5.41 Å². The molecule has 1 N–H and O–H groups in total. The monoisotopic (exact) mass is 290 g/mol. The molecule has 0 aliphatic carbocycles. The molecule has 1 saturated heterocycles. The second-order valence-electron chi connectivity index (χ2n) is 7.49. The van der Waals surface area contributed by atoms with Crippen LogP contribution in [0.4, 0.5) is 5.69 Å². The van der Waals surface area contributed by atoms with E-state index in [1.807, 2.05) is 0 Å². The average Bonchev–Trinajstić information content (AvgIpc) is 2.38. The second-order valence-corrected chi connectivity index (χ2v) is 7.49. The van der Waals surface area contributed by atoms with Gasteiger partial charge in [-0.05, 0) is 50.5 Å². The van der Waals surface area contributed by atoms with Crippen molar-refractivity contribution in [3.8, 4) is 5.75 Å². The van der Waals surface area contributed by atoms with Crippen molar-refractivity contribution in [1.82, 2.24) is 5.32 Å². The summed E-state index contributed by atoms with van der Waals surface area (Å²) >= 11 is 0. The summed E-state index contributed by atoms with van der Waals surface area (Å²) in [4.78, 5) is 2.51. The van der Waals surface area contributed by atoms with E-state index in [1.165, 1.54) is 5.69 Å². The molecule has 118 valence electrons. The van der Waals surface area contributed by atoms with Crippen LogP contribution >= 0.6 is 0 Å². The van der Waals surface area contributed by atoms with E-state index in [0.717, 1.165) is 18.8 Å². The molecule has 2 unspecified atom stereocenters. The lowest BCUT2D eigenvalue weighted by atomic mass is 9.84. The predicted octanol–water partition coefficient (Wildman–Crippen LogP) is 3.69. The van der Waals surface area contributed by atoms with Gasteiger partial charge in [-0.15, -0.1) is 0 Å². The molecule has 21 heavy (non-hydrogen) atoms. The minimum absolute atomic E-state index is 0.222. The first-order valence-corrected chi connectivity index (χ1v) is 8.04. The van der Waals surface area contributed by atoms with E-state index >= 15 is 0 Å². The van der Waals surface area contributed by atoms with Crippen LogP contribution in [-0.4, -0.2) is 31.3 Å². The van der Waals surface area contributed by atoms with Crippen molar-refractivity contribution in [2.75, 3.05) is 18.0 Å². The molecule has 0 bridgehead atoms. The number of nitrogens with zero attached hydrogens (tertiary/aromatic N) is 1. The zero-order chi connectivity index (χ0) is 15.6. The first-order chi connectivity index (χ1) is 9.77. The van der Waals surface area contributed by atoms with Crippen LogP contribution in [0.25, 0.3) is 0 Å². The fraction of sp³-hybridized carbons (Fsp3) is 0.667. The Hall–Kier alpha value is -1.22. The van der Waals surface area contributed by atoms with Crippen molar-refractivity contribution in [2.45, 2.75) is 59.7 Å². The van der Waals surface area contributed by atoms with Gasteiger partial charge in [-0.3, -0.25) is 0 Å². The van der Waals surface area contributed by atoms with Gasteiger partial charge in [0, 0.05) is 30.9 Å². The lowest BCUT2D eigenvalue weighted by Gasteiger charge is -2.45. The van der Waals surface area contributed by atoms with Gasteiger partial charge in [-0.2, -0.15) is 0 Å². The van der Waals surface area contributed by atoms with Crippen molar-refractivity contribution >= 4 is 5.69 Å². The van der Waals surface area contributed by atoms with E-state index < -0.39 is 0 Å². The van der Waals surface area contributed by atoms with Gasteiger partial charge in [0.15, 0.2) is 0 Å². The summed E-state index contributed by atoms with van der Waals surface area (Å²) in [7, 11) is 0. The number of nitrogens with one attached hydrogen (secondary N) is 1. The van der Waals surface area contributed by atoms with E-state index in [4.69, 9.17) is 4.74 Å². The Morgan fingerprint density at radius 3 is 2.33 bits per heavy atom. The minimum atomic E-state index is 0.222. The second kappa shape index (κ2) is 6.27. The number of hydrogen-bond acceptors (Lipinski definition) is 3. The maximum Gasteiger partial charge on any atom is 0.119 e. The quantitative estimate of drug-likeness (QED) is 0.919. The van der Waals surface area contributed by atoms with Crippen molar-refractivity contribution in [2.24, 2.45) is 5.41 Å². The SMILES string of the molecule is CC(C)Oc1ccc(N2CC(C(C)(C)C)NCC2C)cc1. The third-order valence-corrected chi connectivity index (χ3v) is 4.16. The smallest absolute Gasteiger partial charge is 0.119 e. The molecule has 1 aromatic carbocycles. The van der Waals surface area contributed by atoms with Gasteiger partial charge in [-0.1, -0.05) is 20.8 Å². The van der Waals surface area contributed by atoms with Gasteiger partial charge < -0.3 is 15.0 Å². The molecule has 3 nitrogen and oxygen atoms in total. The highest BCUT2D eigenvalue weighted by atomic mass is 16.5. The average molecular weight is 290 g/mol. The molecular weight excluding hydrogens is 260 g/mol. The van der Waals surface area contributed by atoms with Crippen LogP contribution in [-0.2, 0) is 0 Å². The van der Waals surface area contributed by atoms with Crippen LogP contribution in [0.3, 0.4) is 0 Å². The highest BCUT2D eigenvalue weighted by Gasteiger charge is 2.32. The molecule has 0 saturated carbocycles. The summed E-state index contributed by atoms with van der Waals surface area (Å²) in [6, 6.07) is 9.55. The molecule has 2 atom stereocenters. The van der Waals surface area contributed by atoms with E-state index in [2.05, 4.69) is 76.0 Å². The summed E-state index contributed by atoms with van der Waals surface area (Å²) in [6.45, 7) is 15.4. The maximum atomic E-state index is 5.73. The van der Waals surface area contributed by atoms with E-state index in [1.54, 1.807) is 0 Å². The number of benzene rings is 1. The Morgan fingerprint density at radius 1 is 1.19 bits per heavy atom. The van der Waals surface area contributed by atoms with Gasteiger partial charge in [0.2, 0.25) is 0 Å². The standard InChI is InChI=1S/C18H30N2O/c1-13(2)21-16-9-7-15(8-10-16)20-12-17(18(4,5)6)19-11-14(20)3/h7-10,13-14,17,19H,11-12H2,1-6H3. The molecule has 3 heteroatoms. The number of piperazine rings is 1. The largest absolute Gasteiger partial charge is 0.491 e. The van der Waals surface area contributed by atoms with Gasteiger partial charge >= 0.3 is 0 Å². The van der Waals surface area contributed by atoms with Gasteiger partial charge in [0.05, 0.1) is 6.10 Å². The molecule has 1 aromatic rings. The zero-order valence-electron chi connectivity index (χ0n) is 14.3. The van der Waals surface area contributed by atoms with Crippen LogP contribution < -0.4 is 15.0 Å². The molecular formula is C18H30N2O. The number of ether oxygens (including phenoxy) is 1. The topological polar surface area (TPSA) is 24.5 Å². The third-order valence-electron chi connectivity index (χ3n) is 4.16. The van der Waals surface area contributed by atoms with Crippen LogP contribution in [0.2, 0.25) is 0 Å². The Labute approximate surface area is 129 Å². The first kappa shape index (κ1) is 16.2. The van der Waals surface area contributed by atoms with E-state index in [0.29, 0.717) is 12.1 Å². The Morgan fingerprint density at radius 2 is 1.81 bits per heavy atom. The Balaban J connectivity index is 2.11. The third kappa shape index (κ3) is 4.13. The lowest BCUT2D eigenvalue weighted by Crippen LogP contribution is -2.59. The molecule has 1 aliphatic heterocycles. The number of rotatable bonds is 3. The normalized spacial score (nSPS) is 23.5. The van der Waals surface area contributed by atoms with Crippen LogP contribution in [0.1, 0.15) is 41.5 Å². The minimum Gasteiger partial charge on any atom is -0.491 e. The number of hydrogen-bond donors (Lipinski definition) is 1. The zero-order valence-corrected chi connectivity index (χ0v) is 14.3. The van der Waals surface area contributed by atoms with Crippen LogP contribution in [0.15, 0.2) is 24.3 Å². The molecule has 1 fully saturated rings. The molecule has 1 heterocycles. The fourth-order valence-corrected chi connectivity index (χ4v) is 2.79. The first-order valence-electron chi connectivity index (χ1n) is 8.04. The summed E-state index contributed by atoms with van der Waals surface area (Å²) < 4.78 is 5.73. The van der Waals surface area contributed by atoms with Gasteiger partial charge in [0.1, 0.15) is 5.75 Å². The van der Waals surface area contributed by atoms with Crippen molar-refractivity contribution in [3.05, 3.63) is 24.3 Å². The molecule has 0 spiro atoms. The Bertz CT molecular complexity index is 447. The van der Waals surface area contributed by atoms with Crippen LogP contribution in [0.5, 0.6) is 5.75 Å². The predicted molar refractivity (Wildman–Crippen MR) is 90.3 cm³/mol. The fourth-order valence-electron chi connectivity index (χ4n) is 2.79. The van der Waals surface area contributed by atoms with Crippen molar-refractivity contribution in [1.29, 1.82) is 0 Å². The van der Waals surface area contributed by atoms with Crippen molar-refractivity contribution in [3.63, 3.8) is 0 Å². The highest BCUT2D eigenvalue weighted by molar-refractivity contribution is 5.50. The summed E-state index contributed by atoms with van der Waals surface area (Å²) in [5.74, 6) is 0.948. The van der Waals surface area contributed by atoms with Gasteiger partial charge in [0.25, 0.3) is 0 Å². The Kier molecular flexibility index (Phi) is 4.82. The molecule has 1 aliphatic rings. The van der Waals surface area contributed by atoms with E-state index in [9.17, 15) is 0 Å². The maximum absolute atomic E-state index is 5.73. The van der Waals surface area contributed by atoms with E-state index in [-0.39, 0.29) is 11.5 Å². The molecule has 2 rings (SSSR count). The highest BCUT2D eigenvalue weighted by Crippen LogP contribution is 2.28. The molecule has 0 amide bonds. The van der Waals surface area contributed by atoms with Gasteiger partial charge in [-0.25, -0.2) is 0 Å². The lowest BCUT2D eigenvalue weighted by molar-refractivity contribution is 0.238. The summed E-state index contributed by atoms with van der Waals surface area (Å²) in [6.07, 6.45) is 0.222. The number of anilines is 1. The van der Waals surface area contributed by atoms with Crippen molar-refractivity contribution < 1.29 is 4.74 Å². The molecule has 0 aromatic heterocycles. The summed E-state index contributed by atoms with van der Waals surface area (Å²) in [5.41, 5.74) is 1.56.